The average molecular weight is 320 g/mol. The monoisotopic (exact) mass is 320 g/mol. The normalized spacial score (nSPS) is 20.6. The first kappa shape index (κ1) is 17.1. The number of hydrogen-bond acceptors (Lipinski definition) is 3. The Morgan fingerprint density at radius 2 is 2.04 bits per heavy atom. The second kappa shape index (κ2) is 7.85. The largest absolute Gasteiger partial charge is 0.496 e. The summed E-state index contributed by atoms with van der Waals surface area (Å²) in [5.74, 6) is -0.250. The van der Waals surface area contributed by atoms with Crippen molar-refractivity contribution in [3.63, 3.8) is 0 Å². The minimum Gasteiger partial charge on any atom is -0.496 e. The Hall–Kier alpha value is -2.24. The molecule has 6 nitrogen and oxygen atoms in total. The molecule has 0 unspecified atom stereocenters. The number of benzene rings is 1. The van der Waals surface area contributed by atoms with Gasteiger partial charge in [0.25, 0.3) is 0 Å². The van der Waals surface area contributed by atoms with Crippen molar-refractivity contribution in [1.82, 2.24) is 10.6 Å². The lowest BCUT2D eigenvalue weighted by Gasteiger charge is -2.29. The molecule has 1 aliphatic carbocycles. The minimum atomic E-state index is -1.05. The van der Waals surface area contributed by atoms with Crippen LogP contribution in [-0.2, 0) is 6.54 Å². The summed E-state index contributed by atoms with van der Waals surface area (Å²) in [5.41, 5.74) is 0.808. The van der Waals surface area contributed by atoms with Crippen molar-refractivity contribution in [2.24, 2.45) is 5.92 Å². The van der Waals surface area contributed by atoms with Gasteiger partial charge in [0.2, 0.25) is 0 Å². The van der Waals surface area contributed by atoms with E-state index in [4.69, 9.17) is 9.84 Å². The summed E-state index contributed by atoms with van der Waals surface area (Å²) < 4.78 is 5.02. The van der Waals surface area contributed by atoms with Crippen LogP contribution in [0.4, 0.5) is 4.79 Å². The zero-order valence-corrected chi connectivity index (χ0v) is 13.6. The van der Waals surface area contributed by atoms with Crippen LogP contribution in [0.2, 0.25) is 0 Å². The highest BCUT2D eigenvalue weighted by molar-refractivity contribution is 5.91. The van der Waals surface area contributed by atoms with Gasteiger partial charge in [-0.05, 0) is 36.5 Å². The van der Waals surface area contributed by atoms with E-state index in [2.05, 4.69) is 17.6 Å². The number of carbonyl (C=O) groups excluding carboxylic acids is 1. The fraction of sp³-hybridized carbons (Fsp3) is 0.529. The van der Waals surface area contributed by atoms with Gasteiger partial charge in [-0.15, -0.1) is 0 Å². The summed E-state index contributed by atoms with van der Waals surface area (Å²) >= 11 is 0. The van der Waals surface area contributed by atoms with E-state index < -0.39 is 5.97 Å². The van der Waals surface area contributed by atoms with Gasteiger partial charge >= 0.3 is 12.0 Å². The smallest absolute Gasteiger partial charge is 0.339 e. The summed E-state index contributed by atoms with van der Waals surface area (Å²) in [4.78, 5) is 23.2. The number of rotatable bonds is 5. The first-order chi connectivity index (χ1) is 11.0. The fourth-order valence-electron chi connectivity index (χ4n) is 2.96. The maximum absolute atomic E-state index is 12.0. The van der Waals surface area contributed by atoms with E-state index in [1.165, 1.54) is 19.6 Å². The summed E-state index contributed by atoms with van der Waals surface area (Å²) in [6.07, 6.45) is 4.53. The van der Waals surface area contributed by atoms with Gasteiger partial charge in [-0.1, -0.05) is 25.8 Å². The van der Waals surface area contributed by atoms with Crippen LogP contribution in [0.3, 0.4) is 0 Å². The lowest BCUT2D eigenvalue weighted by molar-refractivity contribution is 0.0693. The highest BCUT2D eigenvalue weighted by Gasteiger charge is 2.22. The molecule has 1 saturated carbocycles. The van der Waals surface area contributed by atoms with Crippen LogP contribution < -0.4 is 15.4 Å². The molecule has 23 heavy (non-hydrogen) atoms. The number of amides is 2. The molecule has 0 radical (unpaired) electrons. The molecular weight excluding hydrogens is 296 g/mol. The number of carbonyl (C=O) groups is 2. The second-order valence-corrected chi connectivity index (χ2v) is 6.04. The number of carboxylic acid groups (broad SMARTS) is 1. The Balaban J connectivity index is 1.91. The molecule has 2 amide bonds. The van der Waals surface area contributed by atoms with E-state index in [9.17, 15) is 9.59 Å². The predicted molar refractivity (Wildman–Crippen MR) is 86.7 cm³/mol. The molecule has 0 heterocycles. The predicted octanol–water partition coefficient (Wildman–Crippen LogP) is 2.77. The third kappa shape index (κ3) is 4.61. The first-order valence-corrected chi connectivity index (χ1v) is 7.96. The molecule has 0 saturated heterocycles. The molecule has 2 atom stereocenters. The van der Waals surface area contributed by atoms with Crippen molar-refractivity contribution < 1.29 is 19.4 Å². The van der Waals surface area contributed by atoms with E-state index >= 15 is 0 Å². The molecule has 0 bridgehead atoms. The lowest BCUT2D eigenvalue weighted by Crippen LogP contribution is -2.45. The number of ether oxygens (including phenoxy) is 1. The van der Waals surface area contributed by atoms with Crippen molar-refractivity contribution >= 4 is 12.0 Å². The average Bonchev–Trinajstić information content (AvgIpc) is 2.54. The van der Waals surface area contributed by atoms with Gasteiger partial charge in [-0.25, -0.2) is 9.59 Å². The van der Waals surface area contributed by atoms with Crippen LogP contribution in [0.25, 0.3) is 0 Å². The number of carboxylic acids is 1. The molecule has 1 aromatic rings. The first-order valence-electron chi connectivity index (χ1n) is 7.96. The molecule has 3 N–H and O–H groups in total. The van der Waals surface area contributed by atoms with Gasteiger partial charge in [-0.3, -0.25) is 0 Å². The van der Waals surface area contributed by atoms with E-state index in [0.717, 1.165) is 24.8 Å². The zero-order chi connectivity index (χ0) is 16.8. The number of aromatic carboxylic acids is 1. The van der Waals surface area contributed by atoms with Crippen molar-refractivity contribution in [2.75, 3.05) is 7.11 Å². The van der Waals surface area contributed by atoms with E-state index in [1.807, 2.05) is 0 Å². The summed E-state index contributed by atoms with van der Waals surface area (Å²) in [7, 11) is 1.43. The molecule has 2 rings (SSSR count). The fourth-order valence-corrected chi connectivity index (χ4v) is 2.96. The van der Waals surface area contributed by atoms with Gasteiger partial charge < -0.3 is 20.5 Å². The van der Waals surface area contributed by atoms with Crippen molar-refractivity contribution in [3.05, 3.63) is 29.3 Å². The maximum Gasteiger partial charge on any atom is 0.339 e. The number of hydrogen-bond donors (Lipinski definition) is 3. The minimum absolute atomic E-state index is 0.0908. The SMILES string of the molecule is COc1ccc(CNC(=O)N[C@@H]2CCCC[C@H]2C)cc1C(=O)O. The highest BCUT2D eigenvalue weighted by Crippen LogP contribution is 2.23. The Kier molecular flexibility index (Phi) is 5.84. The molecule has 6 heteroatoms. The van der Waals surface area contributed by atoms with Gasteiger partial charge in [0.15, 0.2) is 0 Å². The molecule has 0 spiro atoms. The number of methoxy groups -OCH3 is 1. The highest BCUT2D eigenvalue weighted by atomic mass is 16.5. The standard InChI is InChI=1S/C17H24N2O4/c1-11-5-3-4-6-14(11)19-17(22)18-10-12-7-8-15(23-2)13(9-12)16(20)21/h7-9,11,14H,3-6,10H2,1-2H3,(H,20,21)(H2,18,19,22)/t11-,14-/m1/s1. The molecule has 0 aliphatic heterocycles. The van der Waals surface area contributed by atoms with E-state index in [-0.39, 0.29) is 24.2 Å². The number of urea groups is 1. The maximum atomic E-state index is 12.0. The molecule has 0 aromatic heterocycles. The second-order valence-electron chi connectivity index (χ2n) is 6.04. The molecule has 126 valence electrons. The summed E-state index contributed by atoms with van der Waals surface area (Å²) in [5, 5.41) is 15.0. The summed E-state index contributed by atoms with van der Waals surface area (Å²) in [6, 6.07) is 4.87. The Bertz CT molecular complexity index is 574. The topological polar surface area (TPSA) is 87.7 Å². The van der Waals surface area contributed by atoms with Crippen LogP contribution in [0.5, 0.6) is 5.75 Å². The van der Waals surface area contributed by atoms with Gasteiger partial charge in [0, 0.05) is 12.6 Å². The third-order valence-corrected chi connectivity index (χ3v) is 4.38. The van der Waals surface area contributed by atoms with Crippen molar-refractivity contribution in [3.8, 4) is 5.75 Å². The quantitative estimate of drug-likeness (QED) is 0.778. The van der Waals surface area contributed by atoms with Crippen LogP contribution in [0.15, 0.2) is 18.2 Å². The molecule has 1 aliphatic rings. The van der Waals surface area contributed by atoms with Crippen LogP contribution in [-0.4, -0.2) is 30.3 Å². The van der Waals surface area contributed by atoms with Gasteiger partial charge in [0.05, 0.1) is 7.11 Å². The molecular formula is C17H24N2O4. The Morgan fingerprint density at radius 1 is 1.30 bits per heavy atom. The molecule has 1 aromatic carbocycles. The molecule has 1 fully saturated rings. The Labute approximate surface area is 136 Å². The van der Waals surface area contributed by atoms with Crippen LogP contribution in [0, 0.1) is 5.92 Å². The van der Waals surface area contributed by atoms with Gasteiger partial charge in [0.1, 0.15) is 11.3 Å². The van der Waals surface area contributed by atoms with Crippen molar-refractivity contribution in [2.45, 2.75) is 45.2 Å². The number of nitrogens with one attached hydrogen (secondary N) is 2. The third-order valence-electron chi connectivity index (χ3n) is 4.38. The van der Waals surface area contributed by atoms with Crippen LogP contribution >= 0.6 is 0 Å². The lowest BCUT2D eigenvalue weighted by atomic mass is 9.86. The van der Waals surface area contributed by atoms with Gasteiger partial charge in [-0.2, -0.15) is 0 Å². The van der Waals surface area contributed by atoms with Crippen LogP contribution in [0.1, 0.15) is 48.5 Å². The van der Waals surface area contributed by atoms with E-state index in [1.54, 1.807) is 12.1 Å². The summed E-state index contributed by atoms with van der Waals surface area (Å²) in [6.45, 7) is 2.43. The zero-order valence-electron chi connectivity index (χ0n) is 13.6. The Morgan fingerprint density at radius 3 is 2.70 bits per heavy atom. The van der Waals surface area contributed by atoms with Crippen molar-refractivity contribution in [1.29, 1.82) is 0 Å². The van der Waals surface area contributed by atoms with E-state index in [0.29, 0.717) is 11.7 Å².